The van der Waals surface area contributed by atoms with Crippen LogP contribution < -0.4 is 10.1 Å². The second-order valence-corrected chi connectivity index (χ2v) is 6.36. The zero-order chi connectivity index (χ0) is 16.9. The van der Waals surface area contributed by atoms with Crippen molar-refractivity contribution in [1.29, 1.82) is 0 Å². The van der Waals surface area contributed by atoms with Crippen LogP contribution in [0.1, 0.15) is 47.9 Å². The molecule has 0 unspecified atom stereocenters. The van der Waals surface area contributed by atoms with Gasteiger partial charge in [-0.25, -0.2) is 0 Å². The number of ether oxygens (including phenoxy) is 1. The lowest BCUT2D eigenvalue weighted by Gasteiger charge is -2.17. The Balaban J connectivity index is 1.86. The maximum atomic E-state index is 11.9. The number of carbonyl (C=O) groups excluding carboxylic acids is 1. The Labute approximate surface area is 144 Å². The van der Waals surface area contributed by atoms with Crippen LogP contribution in [-0.2, 0) is 24.2 Å². The highest BCUT2D eigenvalue weighted by molar-refractivity contribution is 5.78. The molecule has 3 nitrogen and oxygen atoms in total. The van der Waals surface area contributed by atoms with Gasteiger partial charge in [-0.3, -0.25) is 4.79 Å². The molecule has 0 bridgehead atoms. The molecule has 3 rings (SSSR count). The molecule has 24 heavy (non-hydrogen) atoms. The van der Waals surface area contributed by atoms with Gasteiger partial charge in [-0.2, -0.15) is 0 Å². The third-order valence-electron chi connectivity index (χ3n) is 4.68. The lowest BCUT2D eigenvalue weighted by molar-refractivity contribution is -0.119. The van der Waals surface area contributed by atoms with Gasteiger partial charge in [0.15, 0.2) is 0 Å². The molecule has 0 aliphatic heterocycles. The smallest absolute Gasteiger partial charge is 0.224 e. The molecule has 0 spiro atoms. The maximum absolute atomic E-state index is 11.9. The highest BCUT2D eigenvalue weighted by atomic mass is 16.5. The summed E-state index contributed by atoms with van der Waals surface area (Å²) >= 11 is 0. The zero-order valence-electron chi connectivity index (χ0n) is 14.5. The largest absolute Gasteiger partial charge is 0.489 e. The lowest BCUT2D eigenvalue weighted by atomic mass is 9.96. The van der Waals surface area contributed by atoms with Crippen molar-refractivity contribution in [2.45, 2.75) is 45.1 Å². The number of rotatable bonds is 7. The average Bonchev–Trinajstić information content (AvgIpc) is 3.45. The summed E-state index contributed by atoms with van der Waals surface area (Å²) in [6.45, 7) is 2.66. The Morgan fingerprint density at radius 3 is 2.58 bits per heavy atom. The van der Waals surface area contributed by atoms with E-state index in [0.29, 0.717) is 18.9 Å². The minimum atomic E-state index is 0.0400. The van der Waals surface area contributed by atoms with Crippen molar-refractivity contribution in [1.82, 2.24) is 5.32 Å². The number of aryl methyl sites for hydroxylation is 1. The monoisotopic (exact) mass is 323 g/mol. The van der Waals surface area contributed by atoms with Crippen molar-refractivity contribution in [3.63, 3.8) is 0 Å². The van der Waals surface area contributed by atoms with Gasteiger partial charge in [0.25, 0.3) is 0 Å². The van der Waals surface area contributed by atoms with Gasteiger partial charge in [0.1, 0.15) is 12.4 Å². The van der Waals surface area contributed by atoms with Gasteiger partial charge in [-0.05, 0) is 53.5 Å². The normalized spacial score (nSPS) is 13.6. The summed E-state index contributed by atoms with van der Waals surface area (Å²) in [5.74, 6) is 1.62. The molecule has 2 aromatic carbocycles. The van der Waals surface area contributed by atoms with Gasteiger partial charge in [0, 0.05) is 7.05 Å². The van der Waals surface area contributed by atoms with Crippen molar-refractivity contribution in [3.8, 4) is 5.75 Å². The van der Waals surface area contributed by atoms with Crippen molar-refractivity contribution >= 4 is 5.91 Å². The van der Waals surface area contributed by atoms with Gasteiger partial charge < -0.3 is 10.1 Å². The summed E-state index contributed by atoms with van der Waals surface area (Å²) in [4.78, 5) is 11.9. The molecule has 3 heteroatoms. The summed E-state index contributed by atoms with van der Waals surface area (Å²) in [6.07, 6.45) is 3.83. The van der Waals surface area contributed by atoms with Gasteiger partial charge in [-0.15, -0.1) is 0 Å². The Hall–Kier alpha value is -2.29. The molecule has 126 valence electrons. The van der Waals surface area contributed by atoms with Gasteiger partial charge in [0.05, 0.1) is 6.42 Å². The molecule has 1 aliphatic carbocycles. The number of para-hydroxylation sites is 1. The quantitative estimate of drug-likeness (QED) is 0.836. The SMILES string of the molecule is CCc1ccccc1OCc1c(CC(=O)NC)cccc1C1CC1. The first-order chi connectivity index (χ1) is 11.7. The fourth-order valence-corrected chi connectivity index (χ4v) is 3.12. The second kappa shape index (κ2) is 7.52. The van der Waals surface area contributed by atoms with Crippen LogP contribution in [0.25, 0.3) is 0 Å². The van der Waals surface area contributed by atoms with Crippen LogP contribution in [0.4, 0.5) is 0 Å². The van der Waals surface area contributed by atoms with E-state index in [9.17, 15) is 4.79 Å². The van der Waals surface area contributed by atoms with E-state index < -0.39 is 0 Å². The fraction of sp³-hybridized carbons (Fsp3) is 0.381. The van der Waals surface area contributed by atoms with Gasteiger partial charge >= 0.3 is 0 Å². The van der Waals surface area contributed by atoms with Crippen LogP contribution in [0.3, 0.4) is 0 Å². The lowest BCUT2D eigenvalue weighted by Crippen LogP contribution is -2.21. The Morgan fingerprint density at radius 2 is 1.88 bits per heavy atom. The van der Waals surface area contributed by atoms with Crippen LogP contribution >= 0.6 is 0 Å². The first-order valence-corrected chi connectivity index (χ1v) is 8.74. The first-order valence-electron chi connectivity index (χ1n) is 8.74. The number of amides is 1. The average molecular weight is 323 g/mol. The Morgan fingerprint density at radius 1 is 1.12 bits per heavy atom. The molecule has 0 heterocycles. The summed E-state index contributed by atoms with van der Waals surface area (Å²) in [7, 11) is 1.68. The van der Waals surface area contributed by atoms with E-state index in [1.54, 1.807) is 7.05 Å². The van der Waals surface area contributed by atoms with E-state index in [1.807, 2.05) is 24.3 Å². The molecule has 1 aliphatic rings. The number of likely N-dealkylation sites (N-methyl/N-ethyl adjacent to an activating group) is 1. The third kappa shape index (κ3) is 3.78. The predicted octanol–water partition coefficient (Wildman–Crippen LogP) is 3.99. The molecule has 1 saturated carbocycles. The van der Waals surface area contributed by atoms with E-state index in [1.165, 1.54) is 29.5 Å². The predicted molar refractivity (Wildman–Crippen MR) is 96.3 cm³/mol. The topological polar surface area (TPSA) is 38.3 Å². The van der Waals surface area contributed by atoms with Gasteiger partial charge in [-0.1, -0.05) is 43.3 Å². The van der Waals surface area contributed by atoms with Crippen molar-refractivity contribution in [3.05, 3.63) is 64.7 Å². The van der Waals surface area contributed by atoms with Crippen LogP contribution in [0.2, 0.25) is 0 Å². The fourth-order valence-electron chi connectivity index (χ4n) is 3.12. The van der Waals surface area contributed by atoms with E-state index in [0.717, 1.165) is 17.7 Å². The molecule has 0 aromatic heterocycles. The molecule has 1 amide bonds. The van der Waals surface area contributed by atoms with Crippen molar-refractivity contribution in [2.75, 3.05) is 7.05 Å². The zero-order valence-corrected chi connectivity index (χ0v) is 14.5. The second-order valence-electron chi connectivity index (χ2n) is 6.36. The number of nitrogens with one attached hydrogen (secondary N) is 1. The highest BCUT2D eigenvalue weighted by Gasteiger charge is 2.27. The summed E-state index contributed by atoms with van der Waals surface area (Å²) in [6, 6.07) is 14.5. The maximum Gasteiger partial charge on any atom is 0.224 e. The summed E-state index contributed by atoms with van der Waals surface area (Å²) in [5, 5.41) is 2.72. The highest BCUT2D eigenvalue weighted by Crippen LogP contribution is 2.42. The molecule has 1 N–H and O–H groups in total. The van der Waals surface area contributed by atoms with E-state index in [4.69, 9.17) is 4.74 Å². The molecule has 0 radical (unpaired) electrons. The van der Waals surface area contributed by atoms with Gasteiger partial charge in [0.2, 0.25) is 5.91 Å². The standard InChI is InChI=1S/C21H25NO2/c1-3-15-7-4-5-10-20(15)24-14-19-17(13-21(23)22-2)8-6-9-18(19)16-11-12-16/h4-10,16H,3,11-14H2,1-2H3,(H,22,23). The van der Waals surface area contributed by atoms with Crippen LogP contribution in [0.5, 0.6) is 5.75 Å². The minimum Gasteiger partial charge on any atom is -0.489 e. The molecular formula is C21H25NO2. The van der Waals surface area contributed by atoms with Crippen LogP contribution in [0.15, 0.2) is 42.5 Å². The van der Waals surface area contributed by atoms with Crippen LogP contribution in [-0.4, -0.2) is 13.0 Å². The summed E-state index contributed by atoms with van der Waals surface area (Å²) < 4.78 is 6.16. The van der Waals surface area contributed by atoms with E-state index in [-0.39, 0.29) is 5.91 Å². The number of hydrogen-bond acceptors (Lipinski definition) is 2. The molecule has 2 aromatic rings. The van der Waals surface area contributed by atoms with Crippen LogP contribution in [0, 0.1) is 0 Å². The van der Waals surface area contributed by atoms with Crippen molar-refractivity contribution < 1.29 is 9.53 Å². The van der Waals surface area contributed by atoms with E-state index >= 15 is 0 Å². The molecule has 0 atom stereocenters. The molecule has 1 fully saturated rings. The summed E-state index contributed by atoms with van der Waals surface area (Å²) in [5.41, 5.74) is 4.84. The minimum absolute atomic E-state index is 0.0400. The molecule has 0 saturated heterocycles. The number of carbonyl (C=O) groups is 1. The van der Waals surface area contributed by atoms with E-state index in [2.05, 4.69) is 30.4 Å². The Kier molecular flexibility index (Phi) is 5.19. The number of hydrogen-bond donors (Lipinski definition) is 1. The third-order valence-corrected chi connectivity index (χ3v) is 4.68. The first kappa shape index (κ1) is 16.6. The van der Waals surface area contributed by atoms with Crippen molar-refractivity contribution in [2.24, 2.45) is 0 Å². The Bertz CT molecular complexity index is 720. The number of benzene rings is 2. The molecular weight excluding hydrogens is 298 g/mol.